The van der Waals surface area contributed by atoms with E-state index in [0.717, 1.165) is 54.1 Å². The molecule has 1 aliphatic heterocycles. The Labute approximate surface area is 134 Å². The zero-order valence-electron chi connectivity index (χ0n) is 12.8. The highest BCUT2D eigenvalue weighted by Crippen LogP contribution is 2.26. The van der Waals surface area contributed by atoms with Crippen LogP contribution in [0.4, 0.5) is 5.82 Å². The van der Waals surface area contributed by atoms with Gasteiger partial charge in [-0.1, -0.05) is 6.07 Å². The van der Waals surface area contributed by atoms with Crippen LogP contribution in [0.2, 0.25) is 0 Å². The number of rotatable bonds is 4. The second kappa shape index (κ2) is 6.30. The molecule has 0 spiro atoms. The lowest BCUT2D eigenvalue weighted by Crippen LogP contribution is -2.19. The van der Waals surface area contributed by atoms with Gasteiger partial charge in [-0.3, -0.25) is 9.97 Å². The first-order valence-corrected chi connectivity index (χ1v) is 7.93. The van der Waals surface area contributed by atoms with Crippen molar-refractivity contribution in [1.82, 2.24) is 15.0 Å². The summed E-state index contributed by atoms with van der Waals surface area (Å²) in [6, 6.07) is 11.8. The van der Waals surface area contributed by atoms with Gasteiger partial charge in [-0.05, 0) is 43.2 Å². The Balaban J connectivity index is 1.71. The first-order valence-electron chi connectivity index (χ1n) is 7.93. The molecule has 0 aromatic carbocycles. The van der Waals surface area contributed by atoms with Crippen LogP contribution in [0.3, 0.4) is 0 Å². The molecule has 0 radical (unpaired) electrons. The first-order chi connectivity index (χ1) is 11.4. The number of ether oxygens (including phenoxy) is 1. The predicted octanol–water partition coefficient (Wildman–Crippen LogP) is 3.28. The van der Waals surface area contributed by atoms with E-state index in [1.54, 1.807) is 12.4 Å². The third-order valence-corrected chi connectivity index (χ3v) is 4.05. The fourth-order valence-corrected chi connectivity index (χ4v) is 2.87. The van der Waals surface area contributed by atoms with Gasteiger partial charge in [-0.25, -0.2) is 4.98 Å². The van der Waals surface area contributed by atoms with E-state index in [9.17, 15) is 0 Å². The summed E-state index contributed by atoms with van der Waals surface area (Å²) in [4.78, 5) is 13.6. The van der Waals surface area contributed by atoms with Gasteiger partial charge >= 0.3 is 0 Å². The molecule has 3 aromatic rings. The lowest BCUT2D eigenvalue weighted by molar-refractivity contribution is 0.120. The van der Waals surface area contributed by atoms with Gasteiger partial charge in [-0.15, -0.1) is 0 Å². The Bertz CT molecular complexity index is 800. The van der Waals surface area contributed by atoms with E-state index in [0.29, 0.717) is 0 Å². The normalized spacial score (nSPS) is 17.5. The molecular weight excluding hydrogens is 288 g/mol. The van der Waals surface area contributed by atoms with Crippen LogP contribution in [0.1, 0.15) is 12.8 Å². The second-order valence-corrected chi connectivity index (χ2v) is 5.66. The minimum atomic E-state index is 0.266. The van der Waals surface area contributed by atoms with Crippen molar-refractivity contribution in [1.29, 1.82) is 0 Å². The summed E-state index contributed by atoms with van der Waals surface area (Å²) in [5, 5.41) is 4.45. The van der Waals surface area contributed by atoms with Crippen molar-refractivity contribution in [3.05, 3.63) is 48.8 Å². The van der Waals surface area contributed by atoms with E-state index < -0.39 is 0 Å². The standard InChI is InChI=1S/C18H18N4O/c1-2-8-19-15(7-1)17-11-16-14(6-3-9-20-16)18(22-17)21-12-13-5-4-10-23-13/h1-3,6-9,11,13H,4-5,10,12H2,(H,21,22). The smallest absolute Gasteiger partial charge is 0.136 e. The number of aromatic nitrogens is 3. The molecule has 0 amide bonds. The molecule has 3 aromatic heterocycles. The molecule has 1 saturated heterocycles. The van der Waals surface area contributed by atoms with Crippen molar-refractivity contribution < 1.29 is 4.74 Å². The highest BCUT2D eigenvalue weighted by atomic mass is 16.5. The van der Waals surface area contributed by atoms with Crippen molar-refractivity contribution in [2.75, 3.05) is 18.5 Å². The molecule has 4 rings (SSSR count). The Morgan fingerprint density at radius 2 is 2.04 bits per heavy atom. The zero-order chi connectivity index (χ0) is 15.5. The lowest BCUT2D eigenvalue weighted by atomic mass is 10.1. The van der Waals surface area contributed by atoms with Crippen LogP contribution in [0.5, 0.6) is 0 Å². The monoisotopic (exact) mass is 306 g/mol. The molecule has 4 heterocycles. The van der Waals surface area contributed by atoms with Crippen molar-refractivity contribution in [2.24, 2.45) is 0 Å². The maximum absolute atomic E-state index is 5.68. The van der Waals surface area contributed by atoms with E-state index in [4.69, 9.17) is 9.72 Å². The Hall–Kier alpha value is -2.53. The molecule has 116 valence electrons. The van der Waals surface area contributed by atoms with E-state index in [1.807, 2.05) is 36.4 Å². The van der Waals surface area contributed by atoms with Crippen LogP contribution >= 0.6 is 0 Å². The minimum absolute atomic E-state index is 0.266. The number of pyridine rings is 3. The summed E-state index contributed by atoms with van der Waals surface area (Å²) >= 11 is 0. The van der Waals surface area contributed by atoms with Crippen molar-refractivity contribution in [3.8, 4) is 11.4 Å². The zero-order valence-corrected chi connectivity index (χ0v) is 12.8. The number of nitrogens with zero attached hydrogens (tertiary/aromatic N) is 3. The molecule has 1 aliphatic rings. The van der Waals surface area contributed by atoms with Gasteiger partial charge in [0.15, 0.2) is 0 Å². The van der Waals surface area contributed by atoms with Gasteiger partial charge in [0, 0.05) is 30.9 Å². The fraction of sp³-hybridized carbons (Fsp3) is 0.278. The van der Waals surface area contributed by atoms with Gasteiger partial charge in [0.1, 0.15) is 5.82 Å². The molecule has 0 saturated carbocycles. The van der Waals surface area contributed by atoms with Crippen molar-refractivity contribution in [3.63, 3.8) is 0 Å². The Morgan fingerprint density at radius 1 is 1.09 bits per heavy atom. The molecule has 5 heteroatoms. The minimum Gasteiger partial charge on any atom is -0.376 e. The van der Waals surface area contributed by atoms with Gasteiger partial charge in [-0.2, -0.15) is 0 Å². The summed E-state index contributed by atoms with van der Waals surface area (Å²) in [7, 11) is 0. The van der Waals surface area contributed by atoms with Crippen LogP contribution in [-0.4, -0.2) is 34.2 Å². The van der Waals surface area contributed by atoms with Crippen LogP contribution in [-0.2, 0) is 4.74 Å². The van der Waals surface area contributed by atoms with Gasteiger partial charge in [0.2, 0.25) is 0 Å². The number of nitrogens with one attached hydrogen (secondary N) is 1. The maximum Gasteiger partial charge on any atom is 0.136 e. The summed E-state index contributed by atoms with van der Waals surface area (Å²) < 4.78 is 5.68. The Kier molecular flexibility index (Phi) is 3.86. The number of fused-ring (bicyclic) bond motifs is 1. The average molecular weight is 306 g/mol. The van der Waals surface area contributed by atoms with Crippen LogP contribution in [0.15, 0.2) is 48.8 Å². The van der Waals surface area contributed by atoms with E-state index >= 15 is 0 Å². The summed E-state index contributed by atoms with van der Waals surface area (Å²) in [6.07, 6.45) is 6.08. The fourth-order valence-electron chi connectivity index (χ4n) is 2.87. The average Bonchev–Trinajstić information content (AvgIpc) is 3.14. The third-order valence-electron chi connectivity index (χ3n) is 4.05. The largest absolute Gasteiger partial charge is 0.376 e. The number of hydrogen-bond donors (Lipinski definition) is 1. The van der Waals surface area contributed by atoms with Gasteiger partial charge in [0.25, 0.3) is 0 Å². The topological polar surface area (TPSA) is 59.9 Å². The van der Waals surface area contributed by atoms with Crippen LogP contribution in [0.25, 0.3) is 22.3 Å². The SMILES string of the molecule is c1ccc(-c2cc3ncccc3c(NCC3CCCO3)n2)nc1. The molecule has 23 heavy (non-hydrogen) atoms. The molecule has 5 nitrogen and oxygen atoms in total. The van der Waals surface area contributed by atoms with E-state index in [2.05, 4.69) is 15.3 Å². The Morgan fingerprint density at radius 3 is 2.87 bits per heavy atom. The molecule has 1 atom stereocenters. The molecule has 1 fully saturated rings. The number of hydrogen-bond acceptors (Lipinski definition) is 5. The quantitative estimate of drug-likeness (QED) is 0.801. The molecule has 1 unspecified atom stereocenters. The third kappa shape index (κ3) is 3.00. The van der Waals surface area contributed by atoms with E-state index in [1.165, 1.54) is 0 Å². The summed E-state index contributed by atoms with van der Waals surface area (Å²) in [6.45, 7) is 1.62. The molecular formula is C18H18N4O. The maximum atomic E-state index is 5.68. The summed E-state index contributed by atoms with van der Waals surface area (Å²) in [5.74, 6) is 0.840. The predicted molar refractivity (Wildman–Crippen MR) is 90.2 cm³/mol. The highest BCUT2D eigenvalue weighted by molar-refractivity contribution is 5.91. The summed E-state index contributed by atoms with van der Waals surface area (Å²) in [5.41, 5.74) is 2.59. The van der Waals surface area contributed by atoms with Crippen LogP contribution in [0, 0.1) is 0 Å². The molecule has 0 bridgehead atoms. The highest BCUT2D eigenvalue weighted by Gasteiger charge is 2.16. The second-order valence-electron chi connectivity index (χ2n) is 5.66. The molecule has 0 aliphatic carbocycles. The van der Waals surface area contributed by atoms with Crippen molar-refractivity contribution >= 4 is 16.7 Å². The molecule has 1 N–H and O–H groups in total. The van der Waals surface area contributed by atoms with E-state index in [-0.39, 0.29) is 6.10 Å². The lowest BCUT2D eigenvalue weighted by Gasteiger charge is -2.14. The van der Waals surface area contributed by atoms with Gasteiger partial charge in [0.05, 0.1) is 23.0 Å². The van der Waals surface area contributed by atoms with Gasteiger partial charge < -0.3 is 10.1 Å². The van der Waals surface area contributed by atoms with Crippen molar-refractivity contribution in [2.45, 2.75) is 18.9 Å². The number of anilines is 1. The first kappa shape index (κ1) is 14.1. The van der Waals surface area contributed by atoms with Crippen LogP contribution < -0.4 is 5.32 Å².